The van der Waals surface area contributed by atoms with Crippen molar-refractivity contribution in [2.24, 2.45) is 5.73 Å². The molecule has 1 amide bonds. The molecule has 5 heteroatoms. The molecule has 0 atom stereocenters. The van der Waals surface area contributed by atoms with Crippen LogP contribution in [0.2, 0.25) is 0 Å². The highest BCUT2D eigenvalue weighted by atomic mass is 32.1. The van der Waals surface area contributed by atoms with Crippen LogP contribution in [0.15, 0.2) is 0 Å². The van der Waals surface area contributed by atoms with Crippen molar-refractivity contribution >= 4 is 23.1 Å². The van der Waals surface area contributed by atoms with Gasteiger partial charge in [0, 0.05) is 12.1 Å². The van der Waals surface area contributed by atoms with Gasteiger partial charge in [-0.1, -0.05) is 12.2 Å². The molecule has 0 rings (SSSR count). The van der Waals surface area contributed by atoms with E-state index in [0.717, 1.165) is 0 Å². The minimum Gasteiger partial charge on any atom is -0.392 e. The third-order valence-corrected chi connectivity index (χ3v) is 1.48. The third-order valence-electron chi connectivity index (χ3n) is 1.35. The second-order valence-corrected chi connectivity index (χ2v) is 4.96. The van der Waals surface area contributed by atoms with Crippen molar-refractivity contribution < 1.29 is 4.79 Å². The van der Waals surface area contributed by atoms with Crippen LogP contribution < -0.4 is 11.1 Å². The summed E-state index contributed by atoms with van der Waals surface area (Å²) < 4.78 is 0. The third kappa shape index (κ3) is 7.94. The lowest BCUT2D eigenvalue weighted by atomic mass is 10.1. The van der Waals surface area contributed by atoms with E-state index in [4.69, 9.17) is 18.0 Å². The molecule has 0 heterocycles. The van der Waals surface area contributed by atoms with E-state index in [0.29, 0.717) is 18.1 Å². The predicted molar refractivity (Wildman–Crippen MR) is 62.2 cm³/mol. The number of nitrogens with two attached hydrogens (primary N) is 1. The molecule has 0 saturated carbocycles. The molecular formula is C9H19N3OS. The largest absolute Gasteiger partial charge is 0.392 e. The summed E-state index contributed by atoms with van der Waals surface area (Å²) in [7, 11) is 1.81. The predicted octanol–water partition coefficient (Wildman–Crippen LogP) is 0.119. The van der Waals surface area contributed by atoms with E-state index < -0.39 is 0 Å². The zero-order valence-electron chi connectivity index (χ0n) is 9.26. The number of hydrogen-bond acceptors (Lipinski definition) is 3. The summed E-state index contributed by atoms with van der Waals surface area (Å²) in [4.78, 5) is 13.6. The second-order valence-electron chi connectivity index (χ2n) is 4.44. The highest BCUT2D eigenvalue weighted by Crippen LogP contribution is 1.98. The number of nitrogens with one attached hydrogen (secondary N) is 1. The normalized spacial score (nSPS) is 11.5. The molecule has 82 valence electrons. The van der Waals surface area contributed by atoms with Gasteiger partial charge >= 0.3 is 0 Å². The first-order valence-electron chi connectivity index (χ1n) is 4.48. The van der Waals surface area contributed by atoms with Crippen molar-refractivity contribution in [3.05, 3.63) is 0 Å². The van der Waals surface area contributed by atoms with Crippen LogP contribution in [0.25, 0.3) is 0 Å². The summed E-state index contributed by atoms with van der Waals surface area (Å²) in [6.07, 6.45) is 0. The standard InChI is InChI=1S/C9H19N3OS/c1-9(2,3)11-8(13)6-12(4)5-7(10)14/h5-6H2,1-4H3,(H2,10,14)(H,11,13). The molecule has 0 saturated heterocycles. The van der Waals surface area contributed by atoms with Crippen LogP contribution in [-0.4, -0.2) is 41.5 Å². The van der Waals surface area contributed by atoms with Gasteiger partial charge in [-0.25, -0.2) is 0 Å². The van der Waals surface area contributed by atoms with Gasteiger partial charge in [-0.2, -0.15) is 0 Å². The summed E-state index contributed by atoms with van der Waals surface area (Å²) in [5.74, 6) is -0.0174. The first-order valence-corrected chi connectivity index (χ1v) is 4.89. The molecule has 0 aliphatic rings. The molecule has 3 N–H and O–H groups in total. The van der Waals surface area contributed by atoms with E-state index in [2.05, 4.69) is 5.32 Å². The van der Waals surface area contributed by atoms with Gasteiger partial charge in [-0.15, -0.1) is 0 Å². The Morgan fingerprint density at radius 3 is 2.29 bits per heavy atom. The van der Waals surface area contributed by atoms with Gasteiger partial charge in [0.2, 0.25) is 5.91 Å². The van der Waals surface area contributed by atoms with Gasteiger partial charge in [0.05, 0.1) is 11.5 Å². The van der Waals surface area contributed by atoms with Crippen LogP contribution >= 0.6 is 12.2 Å². The highest BCUT2D eigenvalue weighted by Gasteiger charge is 2.14. The lowest BCUT2D eigenvalue weighted by molar-refractivity contribution is -0.123. The summed E-state index contributed by atoms with van der Waals surface area (Å²) in [6, 6.07) is 0. The molecule has 0 radical (unpaired) electrons. The number of likely N-dealkylation sites (N-methyl/N-ethyl adjacent to an activating group) is 1. The smallest absolute Gasteiger partial charge is 0.234 e. The average Bonchev–Trinajstić information content (AvgIpc) is 1.77. The maximum Gasteiger partial charge on any atom is 0.234 e. The molecule has 4 nitrogen and oxygen atoms in total. The van der Waals surface area contributed by atoms with Gasteiger partial charge in [0.15, 0.2) is 0 Å². The zero-order valence-corrected chi connectivity index (χ0v) is 10.1. The van der Waals surface area contributed by atoms with Crippen LogP contribution in [0.5, 0.6) is 0 Å². The molecule has 0 fully saturated rings. The van der Waals surface area contributed by atoms with E-state index in [1.165, 1.54) is 0 Å². The molecule has 0 spiro atoms. The van der Waals surface area contributed by atoms with E-state index in [-0.39, 0.29) is 11.4 Å². The van der Waals surface area contributed by atoms with Crippen LogP contribution in [0, 0.1) is 0 Å². The maximum absolute atomic E-state index is 11.4. The van der Waals surface area contributed by atoms with Crippen LogP contribution in [0.3, 0.4) is 0 Å². The minimum atomic E-state index is -0.193. The monoisotopic (exact) mass is 217 g/mol. The molecule has 14 heavy (non-hydrogen) atoms. The quantitative estimate of drug-likeness (QED) is 0.657. The summed E-state index contributed by atoms with van der Waals surface area (Å²) >= 11 is 4.74. The summed E-state index contributed by atoms with van der Waals surface area (Å²) in [6.45, 7) is 6.61. The lowest BCUT2D eigenvalue weighted by Crippen LogP contribution is -2.46. The van der Waals surface area contributed by atoms with E-state index in [1.807, 2.05) is 20.8 Å². The first kappa shape index (κ1) is 13.3. The molecule has 0 aliphatic carbocycles. The lowest BCUT2D eigenvalue weighted by Gasteiger charge is -2.23. The molecule has 0 aliphatic heterocycles. The fourth-order valence-electron chi connectivity index (χ4n) is 1.02. The van der Waals surface area contributed by atoms with Crippen LogP contribution in [0.4, 0.5) is 0 Å². The van der Waals surface area contributed by atoms with Crippen molar-refractivity contribution in [3.8, 4) is 0 Å². The van der Waals surface area contributed by atoms with Gasteiger partial charge in [-0.3, -0.25) is 9.69 Å². The Bertz CT molecular complexity index is 223. The molecule has 0 bridgehead atoms. The Morgan fingerprint density at radius 1 is 1.43 bits per heavy atom. The number of hydrogen-bond donors (Lipinski definition) is 2. The molecular weight excluding hydrogens is 198 g/mol. The summed E-state index contributed by atoms with van der Waals surface area (Å²) in [5, 5.41) is 2.86. The van der Waals surface area contributed by atoms with Gasteiger partial charge in [-0.05, 0) is 27.8 Å². The molecule has 0 unspecified atom stereocenters. The van der Waals surface area contributed by atoms with Crippen molar-refractivity contribution in [3.63, 3.8) is 0 Å². The number of rotatable bonds is 4. The minimum absolute atomic E-state index is 0.0174. The Balaban J connectivity index is 3.89. The number of thiocarbonyl (C=S) groups is 1. The van der Waals surface area contributed by atoms with E-state index in [1.54, 1.807) is 11.9 Å². The topological polar surface area (TPSA) is 58.4 Å². The number of carbonyl (C=O) groups is 1. The van der Waals surface area contributed by atoms with Crippen molar-refractivity contribution in [1.29, 1.82) is 0 Å². The fourth-order valence-corrected chi connectivity index (χ4v) is 1.25. The van der Waals surface area contributed by atoms with Crippen molar-refractivity contribution in [2.75, 3.05) is 20.1 Å². The van der Waals surface area contributed by atoms with Gasteiger partial charge in [0.1, 0.15) is 0 Å². The van der Waals surface area contributed by atoms with Crippen molar-refractivity contribution in [1.82, 2.24) is 10.2 Å². The fraction of sp³-hybridized carbons (Fsp3) is 0.778. The first-order chi connectivity index (χ1) is 6.20. The summed E-state index contributed by atoms with van der Waals surface area (Å²) in [5.41, 5.74) is 5.16. The molecule has 0 aromatic heterocycles. The van der Waals surface area contributed by atoms with Crippen molar-refractivity contribution in [2.45, 2.75) is 26.3 Å². The second kappa shape index (κ2) is 5.26. The molecule has 0 aromatic carbocycles. The SMILES string of the molecule is CN(CC(=O)NC(C)(C)C)CC(N)=S. The Morgan fingerprint density at radius 2 is 1.93 bits per heavy atom. The maximum atomic E-state index is 11.4. The number of nitrogens with zero attached hydrogens (tertiary/aromatic N) is 1. The zero-order chi connectivity index (χ0) is 11.4. The Labute approximate surface area is 90.8 Å². The average molecular weight is 217 g/mol. The number of carbonyl (C=O) groups excluding carboxylic acids is 1. The Hall–Kier alpha value is -0.680. The van der Waals surface area contributed by atoms with Gasteiger partial charge < -0.3 is 11.1 Å². The van der Waals surface area contributed by atoms with Crippen LogP contribution in [-0.2, 0) is 4.79 Å². The van der Waals surface area contributed by atoms with Gasteiger partial charge in [0.25, 0.3) is 0 Å². The highest BCUT2D eigenvalue weighted by molar-refractivity contribution is 7.80. The van der Waals surface area contributed by atoms with Crippen LogP contribution in [0.1, 0.15) is 20.8 Å². The number of amides is 1. The molecule has 0 aromatic rings. The van der Waals surface area contributed by atoms with E-state index >= 15 is 0 Å². The Kier molecular flexibility index (Phi) is 5.01. The van der Waals surface area contributed by atoms with E-state index in [9.17, 15) is 4.79 Å².